The first-order chi connectivity index (χ1) is 14.1. The summed E-state index contributed by atoms with van der Waals surface area (Å²) in [5.41, 5.74) is 1.33. The van der Waals surface area contributed by atoms with E-state index in [-0.39, 0.29) is 18.4 Å². The molecule has 0 spiro atoms. The minimum atomic E-state index is -0.611. The number of nitrogens with one attached hydrogen (secondary N) is 1. The Labute approximate surface area is 189 Å². The zero-order valence-corrected chi connectivity index (χ0v) is 19.6. The summed E-state index contributed by atoms with van der Waals surface area (Å²) >= 11 is 12.7. The zero-order chi connectivity index (χ0) is 22.3. The van der Waals surface area contributed by atoms with E-state index in [9.17, 15) is 9.59 Å². The number of aryl methyl sites for hydroxylation is 1. The lowest BCUT2D eigenvalue weighted by Gasteiger charge is -2.33. The van der Waals surface area contributed by atoms with Gasteiger partial charge in [-0.3, -0.25) is 9.59 Å². The van der Waals surface area contributed by atoms with Crippen molar-refractivity contribution in [1.29, 1.82) is 0 Å². The fourth-order valence-electron chi connectivity index (χ4n) is 3.27. The number of nitrogens with zero attached hydrogens (tertiary/aromatic N) is 1. The molecule has 1 N–H and O–H groups in total. The Morgan fingerprint density at radius 3 is 2.13 bits per heavy atom. The summed E-state index contributed by atoms with van der Waals surface area (Å²) < 4.78 is 0. The standard InChI is InChI=1S/C24H30Cl2N2O2/c1-5-21(23(30)27-24(2,3)4)28(16-18-19(25)12-9-13-20(18)26)22(29)15-14-17-10-7-6-8-11-17/h6-13,21H,5,14-16H2,1-4H3,(H,27,30). The fourth-order valence-corrected chi connectivity index (χ4v) is 3.78. The average Bonchev–Trinajstić information content (AvgIpc) is 2.67. The molecule has 0 fully saturated rings. The van der Waals surface area contributed by atoms with Gasteiger partial charge in [0.1, 0.15) is 6.04 Å². The Balaban J connectivity index is 2.30. The van der Waals surface area contributed by atoms with Gasteiger partial charge in [0.2, 0.25) is 11.8 Å². The third kappa shape index (κ3) is 7.03. The van der Waals surface area contributed by atoms with Crippen LogP contribution in [-0.2, 0) is 22.6 Å². The predicted molar refractivity (Wildman–Crippen MR) is 124 cm³/mol. The Morgan fingerprint density at radius 2 is 1.60 bits per heavy atom. The Kier molecular flexibility index (Phi) is 8.75. The predicted octanol–water partition coefficient (Wildman–Crippen LogP) is 5.65. The molecular weight excluding hydrogens is 419 g/mol. The van der Waals surface area contributed by atoms with Crippen LogP contribution in [-0.4, -0.2) is 28.3 Å². The van der Waals surface area contributed by atoms with Crippen molar-refractivity contribution in [2.24, 2.45) is 0 Å². The molecule has 0 bridgehead atoms. The lowest BCUT2D eigenvalue weighted by molar-refractivity contribution is -0.142. The number of amides is 2. The van der Waals surface area contributed by atoms with Gasteiger partial charge in [0, 0.05) is 34.1 Å². The highest BCUT2D eigenvalue weighted by molar-refractivity contribution is 6.36. The SMILES string of the molecule is CCC(C(=O)NC(C)(C)C)N(Cc1c(Cl)cccc1Cl)C(=O)CCc1ccccc1. The first-order valence-electron chi connectivity index (χ1n) is 10.2. The van der Waals surface area contributed by atoms with Gasteiger partial charge in [0.05, 0.1) is 0 Å². The third-order valence-corrected chi connectivity index (χ3v) is 5.45. The summed E-state index contributed by atoms with van der Waals surface area (Å²) in [5.74, 6) is -0.285. The van der Waals surface area contributed by atoms with E-state index in [1.165, 1.54) is 0 Å². The topological polar surface area (TPSA) is 49.4 Å². The molecule has 0 saturated heterocycles. The lowest BCUT2D eigenvalue weighted by Crippen LogP contribution is -2.53. The smallest absolute Gasteiger partial charge is 0.243 e. The van der Waals surface area contributed by atoms with Crippen LogP contribution in [0.15, 0.2) is 48.5 Å². The van der Waals surface area contributed by atoms with Gasteiger partial charge < -0.3 is 10.2 Å². The van der Waals surface area contributed by atoms with Crippen molar-refractivity contribution in [3.05, 3.63) is 69.7 Å². The van der Waals surface area contributed by atoms with Crippen LogP contribution in [0.25, 0.3) is 0 Å². The molecule has 30 heavy (non-hydrogen) atoms. The number of hydrogen-bond acceptors (Lipinski definition) is 2. The van der Waals surface area contributed by atoms with Crippen molar-refractivity contribution in [3.63, 3.8) is 0 Å². The number of carbonyl (C=O) groups excluding carboxylic acids is 2. The van der Waals surface area contributed by atoms with E-state index in [1.807, 2.05) is 58.0 Å². The maximum Gasteiger partial charge on any atom is 0.243 e. The summed E-state index contributed by atoms with van der Waals surface area (Å²) in [6.45, 7) is 7.85. The van der Waals surface area contributed by atoms with Crippen LogP contribution in [0.3, 0.4) is 0 Å². The van der Waals surface area contributed by atoms with E-state index in [0.29, 0.717) is 34.9 Å². The molecule has 2 amide bonds. The fraction of sp³-hybridized carbons (Fsp3) is 0.417. The molecular formula is C24H30Cl2N2O2. The average molecular weight is 449 g/mol. The molecule has 0 radical (unpaired) electrons. The molecule has 0 aliphatic rings. The molecule has 0 saturated carbocycles. The van der Waals surface area contributed by atoms with Gasteiger partial charge >= 0.3 is 0 Å². The molecule has 0 aliphatic carbocycles. The molecule has 2 rings (SSSR count). The summed E-state index contributed by atoms with van der Waals surface area (Å²) in [7, 11) is 0. The van der Waals surface area contributed by atoms with Crippen LogP contribution < -0.4 is 5.32 Å². The third-order valence-electron chi connectivity index (χ3n) is 4.74. The number of hydrogen-bond donors (Lipinski definition) is 1. The molecule has 6 heteroatoms. The number of halogens is 2. The summed E-state index contributed by atoms with van der Waals surface area (Å²) in [6.07, 6.45) is 1.39. The van der Waals surface area contributed by atoms with Gasteiger partial charge in [-0.05, 0) is 51.3 Å². The van der Waals surface area contributed by atoms with Gasteiger partial charge in [-0.1, -0.05) is 66.5 Å². The maximum atomic E-state index is 13.3. The van der Waals surface area contributed by atoms with Crippen molar-refractivity contribution in [1.82, 2.24) is 10.2 Å². The quantitative estimate of drug-likeness (QED) is 0.566. The molecule has 2 aromatic rings. The monoisotopic (exact) mass is 448 g/mol. The van der Waals surface area contributed by atoms with Gasteiger partial charge in [-0.2, -0.15) is 0 Å². The van der Waals surface area contributed by atoms with Gasteiger partial charge in [0.25, 0.3) is 0 Å². The van der Waals surface area contributed by atoms with Crippen molar-refractivity contribution in [2.45, 2.75) is 65.1 Å². The summed E-state index contributed by atoms with van der Waals surface area (Å²) in [5, 5.41) is 3.96. The highest BCUT2D eigenvalue weighted by Crippen LogP contribution is 2.27. The second-order valence-electron chi connectivity index (χ2n) is 8.37. The van der Waals surface area contributed by atoms with Crippen molar-refractivity contribution in [2.75, 3.05) is 0 Å². The van der Waals surface area contributed by atoms with E-state index >= 15 is 0 Å². The van der Waals surface area contributed by atoms with Crippen molar-refractivity contribution >= 4 is 35.0 Å². The molecule has 0 heterocycles. The Hall–Kier alpha value is -2.04. The zero-order valence-electron chi connectivity index (χ0n) is 18.0. The minimum absolute atomic E-state index is 0.106. The highest BCUT2D eigenvalue weighted by atomic mass is 35.5. The maximum absolute atomic E-state index is 13.3. The second kappa shape index (κ2) is 10.8. The summed E-state index contributed by atoms with van der Waals surface area (Å²) in [6, 6.07) is 14.5. The number of benzene rings is 2. The minimum Gasteiger partial charge on any atom is -0.350 e. The normalized spacial score (nSPS) is 12.3. The lowest BCUT2D eigenvalue weighted by atomic mass is 10.0. The Bertz CT molecular complexity index is 843. The first-order valence-corrected chi connectivity index (χ1v) is 11.0. The molecule has 2 aromatic carbocycles. The molecule has 1 unspecified atom stereocenters. The largest absolute Gasteiger partial charge is 0.350 e. The summed E-state index contributed by atoms with van der Waals surface area (Å²) in [4.78, 5) is 27.9. The van der Waals surface area contributed by atoms with Crippen LogP contribution in [0.2, 0.25) is 10.0 Å². The van der Waals surface area contributed by atoms with E-state index < -0.39 is 11.6 Å². The number of rotatable bonds is 8. The van der Waals surface area contributed by atoms with Crippen molar-refractivity contribution < 1.29 is 9.59 Å². The molecule has 162 valence electrons. The molecule has 1 atom stereocenters. The van der Waals surface area contributed by atoms with E-state index in [4.69, 9.17) is 23.2 Å². The first kappa shape index (κ1) is 24.2. The van der Waals surface area contributed by atoms with Gasteiger partial charge in [-0.15, -0.1) is 0 Å². The van der Waals surface area contributed by atoms with E-state index in [1.54, 1.807) is 23.1 Å². The Morgan fingerprint density at radius 1 is 1.00 bits per heavy atom. The number of carbonyl (C=O) groups is 2. The van der Waals surface area contributed by atoms with Crippen LogP contribution in [0, 0.1) is 0 Å². The van der Waals surface area contributed by atoms with E-state index in [0.717, 1.165) is 5.56 Å². The van der Waals surface area contributed by atoms with Gasteiger partial charge in [0.15, 0.2) is 0 Å². The van der Waals surface area contributed by atoms with E-state index in [2.05, 4.69) is 5.32 Å². The van der Waals surface area contributed by atoms with Crippen LogP contribution in [0.1, 0.15) is 51.7 Å². The van der Waals surface area contributed by atoms with Crippen LogP contribution >= 0.6 is 23.2 Å². The van der Waals surface area contributed by atoms with Crippen LogP contribution in [0.5, 0.6) is 0 Å². The van der Waals surface area contributed by atoms with Gasteiger partial charge in [-0.25, -0.2) is 0 Å². The molecule has 4 nitrogen and oxygen atoms in total. The highest BCUT2D eigenvalue weighted by Gasteiger charge is 2.31. The van der Waals surface area contributed by atoms with Crippen LogP contribution in [0.4, 0.5) is 0 Å². The second-order valence-corrected chi connectivity index (χ2v) is 9.19. The molecule has 0 aliphatic heterocycles. The molecule has 0 aromatic heterocycles. The van der Waals surface area contributed by atoms with Crippen molar-refractivity contribution in [3.8, 4) is 0 Å².